The largest absolute Gasteiger partial charge is 0.387 e. The van der Waals surface area contributed by atoms with E-state index in [-0.39, 0.29) is 16.7 Å². The Balaban J connectivity index is 2.50. The Morgan fingerprint density at radius 3 is 2.48 bits per heavy atom. The number of nitrogens with two attached hydrogens (primary N) is 3. The molecule has 2 rings (SSSR count). The van der Waals surface area contributed by atoms with Gasteiger partial charge in [0.25, 0.3) is 15.6 Å². The number of oxime groups is 1. The Kier molecular flexibility index (Phi) is 6.43. The van der Waals surface area contributed by atoms with Crippen molar-refractivity contribution in [1.82, 2.24) is 9.55 Å². The van der Waals surface area contributed by atoms with Gasteiger partial charge in [0.05, 0.1) is 0 Å². The van der Waals surface area contributed by atoms with Crippen molar-refractivity contribution >= 4 is 27.6 Å². The normalized spacial score (nSPS) is 13.2. The second kappa shape index (κ2) is 8.60. The molecule has 29 heavy (non-hydrogen) atoms. The molecule has 2 aromatic rings. The smallest absolute Gasteiger partial charge is 0.279 e. The SMILES string of the molecule is Cc1ccc(NS(=O)(=O)c2ccccn2)c(=O)n1C(C(N)=O)C(C)ON=C(N)N. The van der Waals surface area contributed by atoms with Gasteiger partial charge >= 0.3 is 0 Å². The predicted molar refractivity (Wildman–Crippen MR) is 105 cm³/mol. The quantitative estimate of drug-likeness (QED) is 0.235. The summed E-state index contributed by atoms with van der Waals surface area (Å²) < 4.78 is 28.1. The Morgan fingerprint density at radius 2 is 1.93 bits per heavy atom. The van der Waals surface area contributed by atoms with Crippen LogP contribution in [0.15, 0.2) is 51.5 Å². The Hall–Kier alpha value is -3.61. The van der Waals surface area contributed by atoms with Gasteiger partial charge in [-0.25, -0.2) is 4.98 Å². The maximum absolute atomic E-state index is 13.0. The molecular weight excluding hydrogens is 402 g/mol. The fourth-order valence-electron chi connectivity index (χ4n) is 2.54. The third-order valence-electron chi connectivity index (χ3n) is 3.82. The number of aryl methyl sites for hydroxylation is 1. The fraction of sp³-hybridized carbons (Fsp3) is 0.250. The van der Waals surface area contributed by atoms with Crippen molar-refractivity contribution in [3.05, 3.63) is 52.6 Å². The average molecular weight is 423 g/mol. The number of amides is 1. The zero-order chi connectivity index (χ0) is 21.8. The van der Waals surface area contributed by atoms with Crippen LogP contribution in [0, 0.1) is 6.92 Å². The number of aromatic nitrogens is 2. The number of anilines is 1. The predicted octanol–water partition coefficient (Wildman–Crippen LogP) is -1.03. The van der Waals surface area contributed by atoms with Crippen LogP contribution in [0.3, 0.4) is 0 Å². The van der Waals surface area contributed by atoms with E-state index in [2.05, 4.69) is 14.9 Å². The van der Waals surface area contributed by atoms with Crippen LogP contribution in [0.2, 0.25) is 0 Å². The number of nitrogens with zero attached hydrogens (tertiary/aromatic N) is 3. The first kappa shape index (κ1) is 21.7. The molecule has 0 bridgehead atoms. The molecule has 2 heterocycles. The minimum Gasteiger partial charge on any atom is -0.387 e. The van der Waals surface area contributed by atoms with E-state index < -0.39 is 33.6 Å². The number of carbonyl (C=O) groups is 1. The number of pyridine rings is 2. The number of hydrogen-bond donors (Lipinski definition) is 4. The van der Waals surface area contributed by atoms with Gasteiger partial charge in [0, 0.05) is 11.9 Å². The number of hydrogen-bond acceptors (Lipinski definition) is 7. The third kappa shape index (κ3) is 5.01. The highest BCUT2D eigenvalue weighted by atomic mass is 32.2. The van der Waals surface area contributed by atoms with Gasteiger partial charge in [-0.15, -0.1) is 0 Å². The van der Waals surface area contributed by atoms with E-state index in [1.165, 1.54) is 37.4 Å². The van der Waals surface area contributed by atoms with Gasteiger partial charge in [-0.1, -0.05) is 6.07 Å². The standard InChI is InChI=1S/C16H21N7O5S/c1-9-6-7-11(22-29(26,27)12-5-3-4-8-20-12)15(25)23(9)13(14(17)24)10(2)28-21-16(18)19/h3-8,10,13,22H,1-2H3,(H2,17,24)(H4,18,19,21). The molecule has 1 amide bonds. The summed E-state index contributed by atoms with van der Waals surface area (Å²) in [5.74, 6) is -1.29. The number of primary amides is 1. The Bertz CT molecular complexity index is 1080. The first-order valence-electron chi connectivity index (χ1n) is 8.24. The highest BCUT2D eigenvalue weighted by molar-refractivity contribution is 7.92. The van der Waals surface area contributed by atoms with Crippen LogP contribution >= 0.6 is 0 Å². The molecule has 12 nitrogen and oxygen atoms in total. The van der Waals surface area contributed by atoms with Crippen molar-refractivity contribution in [1.29, 1.82) is 0 Å². The monoisotopic (exact) mass is 423 g/mol. The summed E-state index contributed by atoms with van der Waals surface area (Å²) in [7, 11) is -4.13. The topological polar surface area (TPSA) is 198 Å². The van der Waals surface area contributed by atoms with Crippen molar-refractivity contribution < 1.29 is 18.0 Å². The molecule has 2 unspecified atom stereocenters. The van der Waals surface area contributed by atoms with E-state index in [1.54, 1.807) is 13.0 Å². The van der Waals surface area contributed by atoms with E-state index in [1.807, 2.05) is 0 Å². The van der Waals surface area contributed by atoms with Crippen LogP contribution in [-0.2, 0) is 19.7 Å². The molecule has 0 aliphatic rings. The molecule has 13 heteroatoms. The minimum absolute atomic E-state index is 0.276. The lowest BCUT2D eigenvalue weighted by molar-refractivity contribution is -0.125. The summed E-state index contributed by atoms with van der Waals surface area (Å²) >= 11 is 0. The molecule has 0 radical (unpaired) electrons. The van der Waals surface area contributed by atoms with Gasteiger partial charge in [0.1, 0.15) is 5.69 Å². The van der Waals surface area contributed by atoms with Gasteiger partial charge in [0.15, 0.2) is 17.2 Å². The van der Waals surface area contributed by atoms with Crippen LogP contribution in [0.4, 0.5) is 5.69 Å². The van der Waals surface area contributed by atoms with Crippen molar-refractivity contribution in [2.24, 2.45) is 22.4 Å². The van der Waals surface area contributed by atoms with Crippen LogP contribution in [0.5, 0.6) is 0 Å². The molecule has 156 valence electrons. The van der Waals surface area contributed by atoms with E-state index in [0.717, 1.165) is 4.57 Å². The van der Waals surface area contributed by atoms with Gasteiger partial charge in [-0.05, 0) is 43.3 Å². The number of nitrogens with one attached hydrogen (secondary N) is 1. The molecule has 0 aromatic carbocycles. The molecular formula is C16H21N7O5S. The van der Waals surface area contributed by atoms with Crippen LogP contribution in [0.1, 0.15) is 18.7 Å². The molecule has 2 atom stereocenters. The van der Waals surface area contributed by atoms with Crippen molar-refractivity contribution in [2.45, 2.75) is 31.0 Å². The van der Waals surface area contributed by atoms with Crippen molar-refractivity contribution in [3.8, 4) is 0 Å². The van der Waals surface area contributed by atoms with E-state index in [0.29, 0.717) is 5.69 Å². The van der Waals surface area contributed by atoms with Gasteiger partial charge < -0.3 is 22.0 Å². The molecule has 0 fully saturated rings. The maximum Gasteiger partial charge on any atom is 0.279 e. The zero-order valence-corrected chi connectivity index (χ0v) is 16.5. The number of guanidine groups is 1. The fourth-order valence-corrected chi connectivity index (χ4v) is 3.55. The molecule has 7 N–H and O–H groups in total. The molecule has 0 aliphatic heterocycles. The third-order valence-corrected chi connectivity index (χ3v) is 5.10. The molecule has 0 saturated heterocycles. The van der Waals surface area contributed by atoms with Crippen molar-refractivity contribution in [2.75, 3.05) is 4.72 Å². The maximum atomic E-state index is 13.0. The Morgan fingerprint density at radius 1 is 1.24 bits per heavy atom. The molecule has 0 saturated carbocycles. The lowest BCUT2D eigenvalue weighted by atomic mass is 10.1. The summed E-state index contributed by atoms with van der Waals surface area (Å²) in [4.78, 5) is 33.8. The number of rotatable bonds is 8. The van der Waals surface area contributed by atoms with E-state index >= 15 is 0 Å². The number of carbonyl (C=O) groups excluding carboxylic acids is 1. The van der Waals surface area contributed by atoms with Crippen molar-refractivity contribution in [3.63, 3.8) is 0 Å². The lowest BCUT2D eigenvalue weighted by Crippen LogP contribution is -2.42. The average Bonchev–Trinajstić information content (AvgIpc) is 2.65. The summed E-state index contributed by atoms with van der Waals surface area (Å²) in [5, 5.41) is 3.09. The van der Waals surface area contributed by atoms with Crippen LogP contribution in [0.25, 0.3) is 0 Å². The summed E-state index contributed by atoms with van der Waals surface area (Å²) in [6.45, 7) is 2.97. The van der Waals surface area contributed by atoms with E-state index in [9.17, 15) is 18.0 Å². The van der Waals surface area contributed by atoms with Gasteiger partial charge in [-0.2, -0.15) is 8.42 Å². The highest BCUT2D eigenvalue weighted by Crippen LogP contribution is 2.18. The van der Waals surface area contributed by atoms with Gasteiger partial charge in [0.2, 0.25) is 11.9 Å². The molecule has 0 spiro atoms. The summed E-state index contributed by atoms with van der Waals surface area (Å²) in [5.41, 5.74) is 15.1. The van der Waals surface area contributed by atoms with Crippen LogP contribution < -0.4 is 27.5 Å². The summed E-state index contributed by atoms with van der Waals surface area (Å²) in [6.07, 6.45) is 0.266. The van der Waals surface area contributed by atoms with E-state index in [4.69, 9.17) is 22.0 Å². The first-order valence-corrected chi connectivity index (χ1v) is 9.73. The zero-order valence-electron chi connectivity index (χ0n) is 15.6. The highest BCUT2D eigenvalue weighted by Gasteiger charge is 2.30. The second-order valence-electron chi connectivity index (χ2n) is 6.01. The van der Waals surface area contributed by atoms with Crippen LogP contribution in [-0.4, -0.2) is 35.9 Å². The number of sulfonamides is 1. The first-order chi connectivity index (χ1) is 13.5. The minimum atomic E-state index is -4.13. The Labute approximate surface area is 166 Å². The summed E-state index contributed by atoms with van der Waals surface area (Å²) in [6, 6.07) is 5.71. The van der Waals surface area contributed by atoms with Gasteiger partial charge in [-0.3, -0.25) is 18.9 Å². The molecule has 2 aromatic heterocycles. The second-order valence-corrected chi connectivity index (χ2v) is 7.64. The lowest BCUT2D eigenvalue weighted by Gasteiger charge is -2.24. The molecule has 0 aliphatic carbocycles.